The van der Waals surface area contributed by atoms with Crippen LogP contribution in [0.15, 0.2) is 24.3 Å². The van der Waals surface area contributed by atoms with Gasteiger partial charge in [0.15, 0.2) is 0 Å². The number of aromatic nitrogens is 1. The minimum Gasteiger partial charge on any atom is -0.399 e. The third-order valence-corrected chi connectivity index (χ3v) is 3.22. The van der Waals surface area contributed by atoms with Crippen LogP contribution in [-0.4, -0.2) is 28.4 Å². The maximum absolute atomic E-state index is 12.5. The molecule has 2 rings (SSSR count). The molecule has 3 N–H and O–H groups in total. The highest BCUT2D eigenvalue weighted by Gasteiger charge is 2.20. The van der Waals surface area contributed by atoms with Crippen LogP contribution in [0.3, 0.4) is 0 Å². The van der Waals surface area contributed by atoms with Gasteiger partial charge in [-0.2, -0.15) is 5.26 Å². The molecule has 0 aliphatic heterocycles. The van der Waals surface area contributed by atoms with Gasteiger partial charge in [-0.1, -0.05) is 0 Å². The number of rotatable bonds is 4. The van der Waals surface area contributed by atoms with Gasteiger partial charge in [0.2, 0.25) is 0 Å². The number of aromatic amines is 1. The van der Waals surface area contributed by atoms with Crippen molar-refractivity contribution in [1.29, 1.82) is 5.26 Å². The van der Waals surface area contributed by atoms with Crippen LogP contribution in [-0.2, 0) is 0 Å². The van der Waals surface area contributed by atoms with Gasteiger partial charge in [0.05, 0.1) is 12.5 Å². The van der Waals surface area contributed by atoms with Crippen molar-refractivity contribution in [3.05, 3.63) is 30.0 Å². The number of benzene rings is 1. The first-order valence-corrected chi connectivity index (χ1v) is 6.59. The SMILES string of the molecule is CC(C)N(CCC#N)C(=O)c1cc2cc(N)ccc2[nH]1. The number of carbonyl (C=O) groups excluding carboxylic acids is 1. The molecule has 1 aromatic heterocycles. The average Bonchev–Trinajstić information content (AvgIpc) is 2.81. The Morgan fingerprint density at radius 3 is 2.85 bits per heavy atom. The Morgan fingerprint density at radius 2 is 2.20 bits per heavy atom. The summed E-state index contributed by atoms with van der Waals surface area (Å²) in [5, 5.41) is 9.60. The molecular weight excluding hydrogens is 252 g/mol. The lowest BCUT2D eigenvalue weighted by molar-refractivity contribution is 0.0705. The highest BCUT2D eigenvalue weighted by Crippen LogP contribution is 2.20. The molecule has 0 fully saturated rings. The number of H-pyrrole nitrogens is 1. The number of hydrogen-bond donors (Lipinski definition) is 2. The zero-order valence-corrected chi connectivity index (χ0v) is 11.7. The van der Waals surface area contributed by atoms with Crippen LogP contribution in [0, 0.1) is 11.3 Å². The predicted octanol–water partition coefficient (Wildman–Crippen LogP) is 2.51. The van der Waals surface area contributed by atoms with Crippen molar-refractivity contribution in [2.45, 2.75) is 26.3 Å². The molecule has 0 atom stereocenters. The van der Waals surface area contributed by atoms with Gasteiger partial charge in [0.1, 0.15) is 5.69 Å². The van der Waals surface area contributed by atoms with Gasteiger partial charge in [0, 0.05) is 29.2 Å². The van der Waals surface area contributed by atoms with E-state index >= 15 is 0 Å². The molecule has 0 radical (unpaired) electrons. The molecule has 0 aliphatic rings. The summed E-state index contributed by atoms with van der Waals surface area (Å²) in [7, 11) is 0. The van der Waals surface area contributed by atoms with E-state index in [0.717, 1.165) is 10.9 Å². The zero-order valence-electron chi connectivity index (χ0n) is 11.7. The summed E-state index contributed by atoms with van der Waals surface area (Å²) >= 11 is 0. The van der Waals surface area contributed by atoms with E-state index in [1.807, 2.05) is 26.0 Å². The van der Waals surface area contributed by atoms with E-state index in [0.29, 0.717) is 24.3 Å². The molecule has 0 saturated carbocycles. The molecule has 0 bridgehead atoms. The number of nitrogens with one attached hydrogen (secondary N) is 1. The largest absolute Gasteiger partial charge is 0.399 e. The molecule has 1 aromatic carbocycles. The zero-order chi connectivity index (χ0) is 14.7. The summed E-state index contributed by atoms with van der Waals surface area (Å²) in [4.78, 5) is 17.3. The van der Waals surface area contributed by atoms with E-state index in [1.54, 1.807) is 17.0 Å². The predicted molar refractivity (Wildman–Crippen MR) is 79.1 cm³/mol. The second-order valence-electron chi connectivity index (χ2n) is 5.03. The fraction of sp³-hybridized carbons (Fsp3) is 0.333. The number of hydrogen-bond acceptors (Lipinski definition) is 3. The molecule has 5 nitrogen and oxygen atoms in total. The Hall–Kier alpha value is -2.48. The fourth-order valence-corrected chi connectivity index (χ4v) is 2.19. The minimum atomic E-state index is -0.0926. The molecule has 1 heterocycles. The lowest BCUT2D eigenvalue weighted by Crippen LogP contribution is -2.37. The van der Waals surface area contributed by atoms with Gasteiger partial charge in [-0.25, -0.2) is 0 Å². The minimum absolute atomic E-state index is 0.0485. The molecule has 0 spiro atoms. The number of fused-ring (bicyclic) bond motifs is 1. The van der Waals surface area contributed by atoms with Crippen LogP contribution in [0.2, 0.25) is 0 Å². The summed E-state index contributed by atoms with van der Waals surface area (Å²) in [6.45, 7) is 4.32. The van der Waals surface area contributed by atoms with Crippen molar-refractivity contribution in [2.75, 3.05) is 12.3 Å². The molecule has 0 aliphatic carbocycles. The van der Waals surface area contributed by atoms with Crippen molar-refractivity contribution in [2.24, 2.45) is 0 Å². The summed E-state index contributed by atoms with van der Waals surface area (Å²) in [5.74, 6) is -0.0926. The number of nitrogens with zero attached hydrogens (tertiary/aromatic N) is 2. The van der Waals surface area contributed by atoms with E-state index in [2.05, 4.69) is 11.1 Å². The van der Waals surface area contributed by atoms with E-state index in [9.17, 15) is 4.79 Å². The van der Waals surface area contributed by atoms with Crippen LogP contribution in [0.25, 0.3) is 10.9 Å². The molecule has 104 valence electrons. The summed E-state index contributed by atoms with van der Waals surface area (Å²) in [6.07, 6.45) is 0.330. The van der Waals surface area contributed by atoms with Crippen molar-refractivity contribution < 1.29 is 4.79 Å². The van der Waals surface area contributed by atoms with Crippen LogP contribution in [0.1, 0.15) is 30.8 Å². The lowest BCUT2D eigenvalue weighted by Gasteiger charge is -2.25. The van der Waals surface area contributed by atoms with Crippen LogP contribution in [0.5, 0.6) is 0 Å². The fourth-order valence-electron chi connectivity index (χ4n) is 2.19. The van der Waals surface area contributed by atoms with E-state index < -0.39 is 0 Å². The van der Waals surface area contributed by atoms with Crippen molar-refractivity contribution >= 4 is 22.5 Å². The Morgan fingerprint density at radius 1 is 1.45 bits per heavy atom. The topological polar surface area (TPSA) is 85.9 Å². The Kier molecular flexibility index (Phi) is 3.94. The molecule has 1 amide bonds. The Labute approximate surface area is 118 Å². The highest BCUT2D eigenvalue weighted by molar-refractivity contribution is 5.98. The van der Waals surface area contributed by atoms with Crippen molar-refractivity contribution in [3.63, 3.8) is 0 Å². The summed E-state index contributed by atoms with van der Waals surface area (Å²) in [5.41, 5.74) is 7.81. The van der Waals surface area contributed by atoms with Gasteiger partial charge in [-0.3, -0.25) is 4.79 Å². The quantitative estimate of drug-likeness (QED) is 0.837. The molecule has 2 aromatic rings. The third-order valence-electron chi connectivity index (χ3n) is 3.22. The second-order valence-corrected chi connectivity index (χ2v) is 5.03. The molecule has 0 unspecified atom stereocenters. The maximum Gasteiger partial charge on any atom is 0.270 e. The standard InChI is InChI=1S/C15H18N4O/c1-10(2)19(7-3-6-16)15(20)14-9-11-8-12(17)4-5-13(11)18-14/h4-5,8-10,18H,3,7,17H2,1-2H3. The number of anilines is 1. The number of amides is 1. The Bertz CT molecular complexity index is 666. The number of nitrogen functional groups attached to an aromatic ring is 1. The van der Waals surface area contributed by atoms with Crippen LogP contribution >= 0.6 is 0 Å². The molecule has 20 heavy (non-hydrogen) atoms. The van der Waals surface area contributed by atoms with E-state index in [-0.39, 0.29) is 11.9 Å². The van der Waals surface area contributed by atoms with Gasteiger partial charge < -0.3 is 15.6 Å². The first-order chi connectivity index (χ1) is 9.52. The van der Waals surface area contributed by atoms with Crippen LogP contribution < -0.4 is 5.73 Å². The van der Waals surface area contributed by atoms with E-state index in [4.69, 9.17) is 11.0 Å². The Balaban J connectivity index is 2.31. The smallest absolute Gasteiger partial charge is 0.270 e. The van der Waals surface area contributed by atoms with E-state index in [1.165, 1.54) is 0 Å². The van der Waals surface area contributed by atoms with Crippen molar-refractivity contribution in [1.82, 2.24) is 9.88 Å². The van der Waals surface area contributed by atoms with Gasteiger partial charge in [-0.05, 0) is 38.1 Å². The van der Waals surface area contributed by atoms with Crippen LogP contribution in [0.4, 0.5) is 5.69 Å². The summed E-state index contributed by atoms with van der Waals surface area (Å²) < 4.78 is 0. The number of carbonyl (C=O) groups is 1. The summed E-state index contributed by atoms with van der Waals surface area (Å²) in [6, 6.07) is 9.41. The van der Waals surface area contributed by atoms with Crippen molar-refractivity contribution in [3.8, 4) is 6.07 Å². The number of nitrogens with two attached hydrogens (primary N) is 1. The number of nitriles is 1. The normalized spacial score (nSPS) is 10.7. The first kappa shape index (κ1) is 13.9. The molecular formula is C15H18N4O. The maximum atomic E-state index is 12.5. The first-order valence-electron chi connectivity index (χ1n) is 6.59. The highest BCUT2D eigenvalue weighted by atomic mass is 16.2. The van der Waals surface area contributed by atoms with Gasteiger partial charge >= 0.3 is 0 Å². The third kappa shape index (κ3) is 2.75. The molecule has 0 saturated heterocycles. The average molecular weight is 270 g/mol. The molecule has 5 heteroatoms. The van der Waals surface area contributed by atoms with Gasteiger partial charge in [-0.15, -0.1) is 0 Å². The lowest BCUT2D eigenvalue weighted by atomic mass is 10.2. The second kappa shape index (κ2) is 5.66. The van der Waals surface area contributed by atoms with Gasteiger partial charge in [0.25, 0.3) is 5.91 Å². The monoisotopic (exact) mass is 270 g/mol.